The van der Waals surface area contributed by atoms with Gasteiger partial charge in [-0.25, -0.2) is 13.1 Å². The van der Waals surface area contributed by atoms with Gasteiger partial charge in [-0.15, -0.1) is 0 Å². The van der Waals surface area contributed by atoms with E-state index in [1.54, 1.807) is 6.92 Å². The van der Waals surface area contributed by atoms with E-state index in [0.29, 0.717) is 6.42 Å². The Labute approximate surface area is 178 Å². The summed E-state index contributed by atoms with van der Waals surface area (Å²) in [5.41, 5.74) is 4.51. The number of aryl methyl sites for hydroxylation is 1. The Bertz CT molecular complexity index is 975. The molecule has 2 aromatic rings. The van der Waals surface area contributed by atoms with Crippen molar-refractivity contribution in [1.82, 2.24) is 10.0 Å². The summed E-state index contributed by atoms with van der Waals surface area (Å²) in [4.78, 5) is 10.8. The van der Waals surface area contributed by atoms with Gasteiger partial charge in [-0.3, -0.25) is 4.79 Å². The predicted molar refractivity (Wildman–Crippen MR) is 119 cm³/mol. The second-order valence-electron chi connectivity index (χ2n) is 7.79. The number of hydrogen-bond acceptors (Lipinski definition) is 4. The molecular formula is C23H30N2O4S. The molecule has 0 radical (unpaired) electrons. The van der Waals surface area contributed by atoms with Crippen molar-refractivity contribution in [1.29, 1.82) is 0 Å². The standard InChI is InChI=1S/C23H30N2O4S/c1-2-30(28,29)25-21-13-14-24-22(21)16-17-7-5-10-19(15-17)20-11-4-3-8-18(20)9-6-12-23(26)27/h3-5,7-8,10-11,15,21-22,24-25H,2,6,9,12-14,16H2,1H3,(H,26,27). The van der Waals surface area contributed by atoms with E-state index in [0.717, 1.165) is 48.1 Å². The fraction of sp³-hybridized carbons (Fsp3) is 0.435. The number of carbonyl (C=O) groups is 1. The van der Waals surface area contributed by atoms with Crippen LogP contribution in [0.4, 0.5) is 0 Å². The van der Waals surface area contributed by atoms with Gasteiger partial charge < -0.3 is 10.4 Å². The highest BCUT2D eigenvalue weighted by atomic mass is 32.2. The highest BCUT2D eigenvalue weighted by Crippen LogP contribution is 2.27. The third-order valence-electron chi connectivity index (χ3n) is 5.61. The van der Waals surface area contributed by atoms with Crippen LogP contribution in [0, 0.1) is 0 Å². The molecule has 0 amide bonds. The van der Waals surface area contributed by atoms with Gasteiger partial charge in [-0.05, 0) is 61.4 Å². The van der Waals surface area contributed by atoms with Gasteiger partial charge in [-0.2, -0.15) is 0 Å². The summed E-state index contributed by atoms with van der Waals surface area (Å²) >= 11 is 0. The molecule has 1 aliphatic heterocycles. The lowest BCUT2D eigenvalue weighted by Crippen LogP contribution is -2.45. The molecule has 3 N–H and O–H groups in total. The van der Waals surface area contributed by atoms with Crippen molar-refractivity contribution in [2.75, 3.05) is 12.3 Å². The van der Waals surface area contributed by atoms with Crippen molar-refractivity contribution in [2.45, 2.75) is 51.1 Å². The molecule has 1 saturated heterocycles. The second-order valence-corrected chi connectivity index (χ2v) is 9.83. The van der Waals surface area contributed by atoms with Crippen LogP contribution in [0.2, 0.25) is 0 Å². The Morgan fingerprint density at radius 2 is 2.00 bits per heavy atom. The molecule has 0 spiro atoms. The van der Waals surface area contributed by atoms with E-state index in [2.05, 4.69) is 40.4 Å². The number of carboxylic acids is 1. The van der Waals surface area contributed by atoms with Crippen molar-refractivity contribution in [2.24, 2.45) is 0 Å². The lowest BCUT2D eigenvalue weighted by atomic mass is 9.93. The van der Waals surface area contributed by atoms with Gasteiger partial charge in [0.2, 0.25) is 10.0 Å². The van der Waals surface area contributed by atoms with Crippen molar-refractivity contribution < 1.29 is 18.3 Å². The van der Waals surface area contributed by atoms with Crippen LogP contribution in [-0.2, 0) is 27.7 Å². The highest BCUT2D eigenvalue weighted by molar-refractivity contribution is 7.89. The summed E-state index contributed by atoms with van der Waals surface area (Å²) in [7, 11) is -3.23. The van der Waals surface area contributed by atoms with Crippen molar-refractivity contribution in [3.05, 3.63) is 59.7 Å². The van der Waals surface area contributed by atoms with E-state index >= 15 is 0 Å². The third-order valence-corrected chi connectivity index (χ3v) is 7.03. The van der Waals surface area contributed by atoms with Crippen LogP contribution in [0.15, 0.2) is 48.5 Å². The van der Waals surface area contributed by atoms with E-state index in [1.807, 2.05) is 18.2 Å². The first-order chi connectivity index (χ1) is 14.4. The molecule has 1 fully saturated rings. The number of sulfonamides is 1. The van der Waals surface area contributed by atoms with Gasteiger partial charge in [0.05, 0.1) is 5.75 Å². The molecular weight excluding hydrogens is 400 g/mol. The number of aliphatic carboxylic acids is 1. The molecule has 2 aromatic carbocycles. The quantitative estimate of drug-likeness (QED) is 0.539. The van der Waals surface area contributed by atoms with Gasteiger partial charge in [0, 0.05) is 18.5 Å². The molecule has 1 heterocycles. The maximum atomic E-state index is 12.0. The van der Waals surface area contributed by atoms with Gasteiger partial charge in [0.25, 0.3) is 0 Å². The van der Waals surface area contributed by atoms with E-state index in [1.165, 1.54) is 0 Å². The number of benzene rings is 2. The molecule has 1 aliphatic rings. The molecule has 30 heavy (non-hydrogen) atoms. The summed E-state index contributed by atoms with van der Waals surface area (Å²) < 4.78 is 26.8. The summed E-state index contributed by atoms with van der Waals surface area (Å²) in [6.07, 6.45) is 3.02. The van der Waals surface area contributed by atoms with Crippen LogP contribution in [-0.4, -0.2) is 43.9 Å². The Kier molecular flexibility index (Phi) is 7.64. The molecule has 2 atom stereocenters. The predicted octanol–water partition coefficient (Wildman–Crippen LogP) is 2.97. The largest absolute Gasteiger partial charge is 0.481 e. The van der Waals surface area contributed by atoms with E-state index in [-0.39, 0.29) is 24.3 Å². The smallest absolute Gasteiger partial charge is 0.303 e. The molecule has 0 saturated carbocycles. The van der Waals surface area contributed by atoms with Crippen molar-refractivity contribution >= 4 is 16.0 Å². The average Bonchev–Trinajstić information content (AvgIpc) is 3.14. The van der Waals surface area contributed by atoms with Crippen LogP contribution >= 0.6 is 0 Å². The molecule has 0 aromatic heterocycles. The van der Waals surface area contributed by atoms with Crippen LogP contribution in [0.1, 0.15) is 37.3 Å². The molecule has 0 bridgehead atoms. The summed E-state index contributed by atoms with van der Waals surface area (Å²) in [6, 6.07) is 16.4. The molecule has 2 unspecified atom stereocenters. The third kappa shape index (κ3) is 6.14. The molecule has 6 nitrogen and oxygen atoms in total. The SMILES string of the molecule is CCS(=O)(=O)NC1CCNC1Cc1cccc(-c2ccccc2CCCC(=O)O)c1. The summed E-state index contributed by atoms with van der Waals surface area (Å²) in [6.45, 7) is 2.45. The topological polar surface area (TPSA) is 95.5 Å². The minimum absolute atomic E-state index is 0.0624. The summed E-state index contributed by atoms with van der Waals surface area (Å²) in [5, 5.41) is 12.3. The van der Waals surface area contributed by atoms with Crippen LogP contribution < -0.4 is 10.0 Å². The van der Waals surface area contributed by atoms with Gasteiger partial charge in [0.15, 0.2) is 0 Å². The second kappa shape index (κ2) is 10.2. The first-order valence-corrected chi connectivity index (χ1v) is 12.2. The molecule has 7 heteroatoms. The van der Waals surface area contributed by atoms with E-state index < -0.39 is 16.0 Å². The Hall–Kier alpha value is -2.22. The maximum absolute atomic E-state index is 12.0. The Balaban J connectivity index is 1.75. The lowest BCUT2D eigenvalue weighted by Gasteiger charge is -2.21. The number of nitrogens with one attached hydrogen (secondary N) is 2. The monoisotopic (exact) mass is 430 g/mol. The lowest BCUT2D eigenvalue weighted by molar-refractivity contribution is -0.137. The minimum Gasteiger partial charge on any atom is -0.481 e. The van der Waals surface area contributed by atoms with Gasteiger partial charge in [0.1, 0.15) is 0 Å². The fourth-order valence-electron chi connectivity index (χ4n) is 4.01. The number of rotatable bonds is 10. The average molecular weight is 431 g/mol. The number of carboxylic acid groups (broad SMARTS) is 1. The zero-order valence-electron chi connectivity index (χ0n) is 17.3. The van der Waals surface area contributed by atoms with E-state index in [9.17, 15) is 13.2 Å². The molecule has 0 aliphatic carbocycles. The van der Waals surface area contributed by atoms with Gasteiger partial charge in [-0.1, -0.05) is 48.5 Å². The normalized spacial score (nSPS) is 19.1. The summed E-state index contributed by atoms with van der Waals surface area (Å²) in [5.74, 6) is -0.684. The first kappa shape index (κ1) is 22.5. The van der Waals surface area contributed by atoms with Crippen LogP contribution in [0.5, 0.6) is 0 Å². The Morgan fingerprint density at radius 1 is 1.20 bits per heavy atom. The highest BCUT2D eigenvalue weighted by Gasteiger charge is 2.29. The minimum atomic E-state index is -3.23. The van der Waals surface area contributed by atoms with Crippen molar-refractivity contribution in [3.63, 3.8) is 0 Å². The molecule has 3 rings (SSSR count). The first-order valence-electron chi connectivity index (χ1n) is 10.5. The zero-order chi connectivity index (χ0) is 21.6. The van der Waals surface area contributed by atoms with Crippen molar-refractivity contribution in [3.8, 4) is 11.1 Å². The Morgan fingerprint density at radius 3 is 2.77 bits per heavy atom. The van der Waals surface area contributed by atoms with Gasteiger partial charge >= 0.3 is 5.97 Å². The number of hydrogen-bond donors (Lipinski definition) is 3. The van der Waals surface area contributed by atoms with Crippen LogP contribution in [0.25, 0.3) is 11.1 Å². The fourth-order valence-corrected chi connectivity index (χ4v) is 4.92. The zero-order valence-corrected chi connectivity index (χ0v) is 18.1. The maximum Gasteiger partial charge on any atom is 0.303 e. The molecule has 162 valence electrons. The van der Waals surface area contributed by atoms with E-state index in [4.69, 9.17) is 5.11 Å². The van der Waals surface area contributed by atoms with Crippen LogP contribution in [0.3, 0.4) is 0 Å².